The van der Waals surface area contributed by atoms with Gasteiger partial charge in [-0.05, 0) is 26.2 Å². The Kier molecular flexibility index (Phi) is 7.29. The SMILES string of the molecule is CN(C)CC1CN(Cc2cc3nc(-c4cccc5[nH]ncc45)nc(N4CCOCC4)c3s2)CCN1S(C)(=O)=O. The van der Waals surface area contributed by atoms with E-state index >= 15 is 0 Å². The van der Waals surface area contributed by atoms with E-state index in [1.54, 1.807) is 15.6 Å². The number of H-pyrrole nitrogens is 1. The quantitative estimate of drug-likeness (QED) is 0.357. The number of fused-ring (bicyclic) bond motifs is 2. The topological polar surface area (TPSA) is 111 Å². The Hall–Kier alpha value is -2.68. The van der Waals surface area contributed by atoms with Crippen LogP contribution in [0.15, 0.2) is 30.5 Å². The van der Waals surface area contributed by atoms with Crippen LogP contribution in [0, 0.1) is 0 Å². The van der Waals surface area contributed by atoms with Gasteiger partial charge in [0.2, 0.25) is 10.0 Å². The van der Waals surface area contributed by atoms with Gasteiger partial charge in [-0.15, -0.1) is 11.3 Å². The van der Waals surface area contributed by atoms with Gasteiger partial charge in [-0.3, -0.25) is 10.00 Å². The van der Waals surface area contributed by atoms with E-state index in [2.05, 4.69) is 31.0 Å². The van der Waals surface area contributed by atoms with Crippen LogP contribution in [0.25, 0.3) is 32.5 Å². The molecule has 3 aromatic heterocycles. The van der Waals surface area contributed by atoms with Gasteiger partial charge < -0.3 is 14.5 Å². The fraction of sp³-hybridized carbons (Fsp3) is 0.500. The molecule has 2 saturated heterocycles. The number of nitrogens with zero attached hydrogens (tertiary/aromatic N) is 7. The molecule has 0 spiro atoms. The van der Waals surface area contributed by atoms with Gasteiger partial charge in [-0.2, -0.15) is 9.40 Å². The summed E-state index contributed by atoms with van der Waals surface area (Å²) in [4.78, 5) is 18.0. The minimum atomic E-state index is -3.26. The molecule has 5 heterocycles. The lowest BCUT2D eigenvalue weighted by Gasteiger charge is -2.40. The molecule has 208 valence electrons. The molecule has 0 amide bonds. The van der Waals surface area contributed by atoms with Crippen molar-refractivity contribution in [1.82, 2.24) is 34.3 Å². The monoisotopic (exact) mass is 570 g/mol. The molecule has 1 aromatic carbocycles. The lowest BCUT2D eigenvalue weighted by molar-refractivity contribution is 0.112. The number of sulfonamides is 1. The maximum Gasteiger partial charge on any atom is 0.211 e. The average Bonchev–Trinajstić information content (AvgIpc) is 3.54. The Bertz CT molecular complexity index is 1580. The molecule has 4 aromatic rings. The molecule has 39 heavy (non-hydrogen) atoms. The van der Waals surface area contributed by atoms with Crippen LogP contribution in [0.4, 0.5) is 5.82 Å². The van der Waals surface area contributed by atoms with Gasteiger partial charge in [-0.1, -0.05) is 12.1 Å². The molecule has 1 unspecified atom stereocenters. The summed E-state index contributed by atoms with van der Waals surface area (Å²) >= 11 is 1.73. The fourth-order valence-corrected chi connectivity index (χ4v) is 7.83. The predicted molar refractivity (Wildman–Crippen MR) is 155 cm³/mol. The van der Waals surface area contributed by atoms with Gasteiger partial charge in [0.1, 0.15) is 0 Å². The summed E-state index contributed by atoms with van der Waals surface area (Å²) in [5.41, 5.74) is 2.84. The molecule has 0 radical (unpaired) electrons. The zero-order valence-corrected chi connectivity index (χ0v) is 24.1. The van der Waals surface area contributed by atoms with E-state index in [0.717, 1.165) is 52.1 Å². The summed E-state index contributed by atoms with van der Waals surface area (Å²) in [5, 5.41) is 8.26. The van der Waals surface area contributed by atoms with Crippen LogP contribution in [0.2, 0.25) is 0 Å². The fourth-order valence-electron chi connectivity index (χ4n) is 5.59. The average molecular weight is 571 g/mol. The van der Waals surface area contributed by atoms with E-state index in [0.29, 0.717) is 45.2 Å². The van der Waals surface area contributed by atoms with E-state index < -0.39 is 10.0 Å². The van der Waals surface area contributed by atoms with Gasteiger partial charge in [0.15, 0.2) is 11.6 Å². The van der Waals surface area contributed by atoms with E-state index in [9.17, 15) is 8.42 Å². The molecular formula is C26H34N8O3S2. The molecule has 2 fully saturated rings. The number of likely N-dealkylation sites (N-methyl/N-ethyl adjacent to an activating group) is 1. The van der Waals surface area contributed by atoms with Crippen molar-refractivity contribution in [2.75, 3.05) is 77.7 Å². The first-order valence-electron chi connectivity index (χ1n) is 13.2. The van der Waals surface area contributed by atoms with Crippen LogP contribution in [-0.4, -0.2) is 122 Å². The molecule has 13 heteroatoms. The molecule has 11 nitrogen and oxygen atoms in total. The number of rotatable bonds is 7. The number of nitrogens with one attached hydrogen (secondary N) is 1. The summed E-state index contributed by atoms with van der Waals surface area (Å²) in [7, 11) is 0.714. The van der Waals surface area contributed by atoms with Crippen molar-refractivity contribution < 1.29 is 13.2 Å². The molecule has 1 N–H and O–H groups in total. The number of hydrogen-bond acceptors (Lipinski definition) is 10. The Labute approximate surface area is 232 Å². The van der Waals surface area contributed by atoms with E-state index in [1.165, 1.54) is 11.1 Å². The van der Waals surface area contributed by atoms with Gasteiger partial charge in [-0.25, -0.2) is 18.4 Å². The lowest BCUT2D eigenvalue weighted by Crippen LogP contribution is -2.57. The molecule has 0 saturated carbocycles. The minimum absolute atomic E-state index is 0.0797. The Morgan fingerprint density at radius 3 is 2.74 bits per heavy atom. The smallest absolute Gasteiger partial charge is 0.211 e. The standard InChI is InChI=1S/C26H34N8O3S2/c1-31(2)15-18-16-32(7-8-34(18)39(3,35)36)17-19-13-23-24(38-19)26(33-9-11-37-12-10-33)29-25(28-23)20-5-4-6-22-21(20)14-27-30-22/h4-6,13-14,18H,7-12,15-17H2,1-3H3,(H,27,30). The first kappa shape index (κ1) is 26.5. The molecule has 0 bridgehead atoms. The molecule has 2 aliphatic rings. The van der Waals surface area contributed by atoms with E-state index in [-0.39, 0.29) is 6.04 Å². The number of anilines is 1. The van der Waals surface area contributed by atoms with Crippen molar-refractivity contribution in [1.29, 1.82) is 0 Å². The zero-order valence-electron chi connectivity index (χ0n) is 22.5. The second-order valence-corrected chi connectivity index (χ2v) is 13.6. The maximum atomic E-state index is 12.4. The van der Waals surface area contributed by atoms with Crippen LogP contribution < -0.4 is 4.90 Å². The number of thiophene rings is 1. The number of aromatic nitrogens is 4. The van der Waals surface area contributed by atoms with Crippen molar-refractivity contribution in [2.45, 2.75) is 12.6 Å². The van der Waals surface area contributed by atoms with E-state index in [1.807, 2.05) is 38.5 Å². The molecule has 1 atom stereocenters. The summed E-state index contributed by atoms with van der Waals surface area (Å²) in [6.07, 6.45) is 3.14. The van der Waals surface area contributed by atoms with Gasteiger partial charge >= 0.3 is 0 Å². The number of morpholine rings is 1. The third-order valence-electron chi connectivity index (χ3n) is 7.34. The summed E-state index contributed by atoms with van der Waals surface area (Å²) < 4.78 is 33.2. The normalized spacial score (nSPS) is 20.0. The maximum absolute atomic E-state index is 12.4. The number of hydrogen-bond donors (Lipinski definition) is 1. The van der Waals surface area contributed by atoms with E-state index in [4.69, 9.17) is 14.7 Å². The largest absolute Gasteiger partial charge is 0.378 e. The Balaban J connectivity index is 1.34. The first-order chi connectivity index (χ1) is 18.8. The molecule has 0 aliphatic carbocycles. The highest BCUT2D eigenvalue weighted by molar-refractivity contribution is 7.88. The number of piperazine rings is 1. The predicted octanol–water partition coefficient (Wildman–Crippen LogP) is 2.08. The van der Waals surface area contributed by atoms with Crippen LogP contribution in [0.5, 0.6) is 0 Å². The molecular weight excluding hydrogens is 536 g/mol. The minimum Gasteiger partial charge on any atom is -0.378 e. The van der Waals surface area contributed by atoms with Crippen LogP contribution in [-0.2, 0) is 21.3 Å². The molecule has 6 rings (SSSR count). The van der Waals surface area contributed by atoms with Gasteiger partial charge in [0, 0.05) is 61.6 Å². The highest BCUT2D eigenvalue weighted by atomic mass is 32.2. The van der Waals surface area contributed by atoms with Crippen molar-refractivity contribution in [3.63, 3.8) is 0 Å². The summed E-state index contributed by atoms with van der Waals surface area (Å²) in [6.45, 7) is 6.24. The number of aromatic amines is 1. The van der Waals surface area contributed by atoms with Gasteiger partial charge in [0.25, 0.3) is 0 Å². The highest BCUT2D eigenvalue weighted by Gasteiger charge is 2.33. The first-order valence-corrected chi connectivity index (χ1v) is 15.8. The second-order valence-electron chi connectivity index (χ2n) is 10.6. The summed E-state index contributed by atoms with van der Waals surface area (Å²) in [5.74, 6) is 1.63. The van der Waals surface area contributed by atoms with Crippen molar-refractivity contribution in [2.24, 2.45) is 0 Å². The second kappa shape index (κ2) is 10.7. The third-order valence-corrected chi connectivity index (χ3v) is 9.77. The van der Waals surface area contributed by atoms with Crippen molar-refractivity contribution in [3.05, 3.63) is 35.3 Å². The number of benzene rings is 1. The Morgan fingerprint density at radius 2 is 1.97 bits per heavy atom. The van der Waals surface area contributed by atoms with Gasteiger partial charge in [0.05, 0.1) is 47.4 Å². The third kappa shape index (κ3) is 5.52. The van der Waals surface area contributed by atoms with Crippen LogP contribution in [0.1, 0.15) is 4.88 Å². The zero-order chi connectivity index (χ0) is 27.1. The Morgan fingerprint density at radius 1 is 1.15 bits per heavy atom. The van der Waals surface area contributed by atoms with Crippen LogP contribution >= 0.6 is 11.3 Å². The van der Waals surface area contributed by atoms with Crippen molar-refractivity contribution in [3.8, 4) is 11.4 Å². The number of ether oxygens (including phenoxy) is 1. The lowest BCUT2D eigenvalue weighted by atomic mass is 10.1. The molecule has 2 aliphatic heterocycles. The van der Waals surface area contributed by atoms with Crippen molar-refractivity contribution >= 4 is 48.3 Å². The van der Waals surface area contributed by atoms with Crippen LogP contribution in [0.3, 0.4) is 0 Å². The highest BCUT2D eigenvalue weighted by Crippen LogP contribution is 2.36. The summed E-state index contributed by atoms with van der Waals surface area (Å²) in [6, 6.07) is 8.14.